The van der Waals surface area contributed by atoms with Gasteiger partial charge in [0.25, 0.3) is 0 Å². The number of piperidine rings is 1. The Bertz CT molecular complexity index is 306. The molecule has 2 rings (SSSR count). The molecule has 3 heteroatoms. The molecule has 0 spiro atoms. The minimum Gasteiger partial charge on any atom is -0.393 e. The van der Waals surface area contributed by atoms with Crippen LogP contribution >= 0.6 is 0 Å². The largest absolute Gasteiger partial charge is 0.393 e. The minimum absolute atomic E-state index is 0.115. The highest BCUT2D eigenvalue weighted by atomic mass is 16.3. The van der Waals surface area contributed by atoms with Gasteiger partial charge in [0, 0.05) is 18.8 Å². The highest BCUT2D eigenvalue weighted by molar-refractivity contribution is 5.39. The van der Waals surface area contributed by atoms with Crippen molar-refractivity contribution in [3.05, 3.63) is 23.9 Å². The Labute approximate surface area is 84.4 Å². The maximum atomic E-state index is 9.38. The number of aliphatic hydroxyl groups excluding tert-OH is 1. The Morgan fingerprint density at radius 3 is 2.71 bits per heavy atom. The SMILES string of the molecule is Cc1cccc(N2CCC(O)CC2)n1. The number of rotatable bonds is 1. The van der Waals surface area contributed by atoms with Crippen LogP contribution in [0.4, 0.5) is 5.82 Å². The predicted octanol–water partition coefficient (Wildman–Crippen LogP) is 1.35. The van der Waals surface area contributed by atoms with Gasteiger partial charge in [-0.1, -0.05) is 6.07 Å². The number of aromatic nitrogens is 1. The molecular weight excluding hydrogens is 176 g/mol. The van der Waals surface area contributed by atoms with Crippen LogP contribution < -0.4 is 4.90 Å². The summed E-state index contributed by atoms with van der Waals surface area (Å²) in [5.74, 6) is 1.04. The maximum absolute atomic E-state index is 9.38. The van der Waals surface area contributed by atoms with Gasteiger partial charge in [0.05, 0.1) is 6.10 Å². The van der Waals surface area contributed by atoms with Crippen molar-refractivity contribution in [2.75, 3.05) is 18.0 Å². The maximum Gasteiger partial charge on any atom is 0.128 e. The molecule has 0 aromatic carbocycles. The molecule has 1 saturated heterocycles. The number of aliphatic hydroxyl groups is 1. The van der Waals surface area contributed by atoms with Crippen LogP contribution in [0.1, 0.15) is 18.5 Å². The minimum atomic E-state index is -0.115. The highest BCUT2D eigenvalue weighted by Crippen LogP contribution is 2.17. The smallest absolute Gasteiger partial charge is 0.128 e. The monoisotopic (exact) mass is 192 g/mol. The van der Waals surface area contributed by atoms with E-state index in [9.17, 15) is 5.11 Å². The fourth-order valence-corrected chi connectivity index (χ4v) is 1.80. The topological polar surface area (TPSA) is 36.4 Å². The van der Waals surface area contributed by atoms with Crippen LogP contribution in [0.5, 0.6) is 0 Å². The molecule has 1 aliphatic heterocycles. The van der Waals surface area contributed by atoms with Crippen LogP contribution in [0.25, 0.3) is 0 Å². The molecule has 0 atom stereocenters. The van der Waals surface area contributed by atoms with Crippen molar-refractivity contribution in [2.24, 2.45) is 0 Å². The molecule has 0 saturated carbocycles. The molecule has 1 N–H and O–H groups in total. The van der Waals surface area contributed by atoms with Gasteiger partial charge in [0.2, 0.25) is 0 Å². The molecule has 0 radical (unpaired) electrons. The summed E-state index contributed by atoms with van der Waals surface area (Å²) in [5.41, 5.74) is 1.05. The second kappa shape index (κ2) is 3.96. The first kappa shape index (κ1) is 9.46. The van der Waals surface area contributed by atoms with Gasteiger partial charge in [0.1, 0.15) is 5.82 Å². The summed E-state index contributed by atoms with van der Waals surface area (Å²) >= 11 is 0. The fraction of sp³-hybridized carbons (Fsp3) is 0.545. The summed E-state index contributed by atoms with van der Waals surface area (Å²) in [6, 6.07) is 6.07. The summed E-state index contributed by atoms with van der Waals surface area (Å²) in [7, 11) is 0. The number of nitrogens with zero attached hydrogens (tertiary/aromatic N) is 2. The lowest BCUT2D eigenvalue weighted by molar-refractivity contribution is 0.145. The zero-order valence-corrected chi connectivity index (χ0v) is 8.48. The van der Waals surface area contributed by atoms with Gasteiger partial charge in [-0.2, -0.15) is 0 Å². The normalized spacial score (nSPS) is 18.6. The predicted molar refractivity (Wildman–Crippen MR) is 56.4 cm³/mol. The van der Waals surface area contributed by atoms with E-state index >= 15 is 0 Å². The Balaban J connectivity index is 2.08. The molecule has 1 aliphatic rings. The van der Waals surface area contributed by atoms with Crippen molar-refractivity contribution in [1.29, 1.82) is 0 Å². The molecule has 1 fully saturated rings. The van der Waals surface area contributed by atoms with E-state index < -0.39 is 0 Å². The van der Waals surface area contributed by atoms with Crippen LogP contribution in [0.15, 0.2) is 18.2 Å². The first-order valence-corrected chi connectivity index (χ1v) is 5.12. The van der Waals surface area contributed by atoms with Gasteiger partial charge >= 0.3 is 0 Å². The van der Waals surface area contributed by atoms with E-state index in [-0.39, 0.29) is 6.10 Å². The third-order valence-electron chi connectivity index (χ3n) is 2.66. The average molecular weight is 192 g/mol. The number of hydrogen-bond donors (Lipinski definition) is 1. The highest BCUT2D eigenvalue weighted by Gasteiger charge is 2.17. The van der Waals surface area contributed by atoms with E-state index in [4.69, 9.17) is 0 Å². The third kappa shape index (κ3) is 2.04. The molecule has 0 bridgehead atoms. The van der Waals surface area contributed by atoms with Gasteiger partial charge in [0.15, 0.2) is 0 Å². The average Bonchev–Trinajstić information content (AvgIpc) is 2.19. The summed E-state index contributed by atoms with van der Waals surface area (Å²) in [4.78, 5) is 6.70. The van der Waals surface area contributed by atoms with Crippen molar-refractivity contribution in [1.82, 2.24) is 4.98 Å². The summed E-state index contributed by atoms with van der Waals surface area (Å²) in [5, 5.41) is 9.38. The van der Waals surface area contributed by atoms with Crippen LogP contribution in [-0.4, -0.2) is 29.3 Å². The van der Waals surface area contributed by atoms with Crippen molar-refractivity contribution in [3.63, 3.8) is 0 Å². The van der Waals surface area contributed by atoms with Crippen molar-refractivity contribution in [2.45, 2.75) is 25.9 Å². The van der Waals surface area contributed by atoms with Gasteiger partial charge in [-0.15, -0.1) is 0 Å². The van der Waals surface area contributed by atoms with Crippen LogP contribution in [0.3, 0.4) is 0 Å². The molecule has 76 valence electrons. The second-order valence-electron chi connectivity index (χ2n) is 3.86. The quantitative estimate of drug-likeness (QED) is 0.729. The lowest BCUT2D eigenvalue weighted by atomic mass is 10.1. The molecule has 0 unspecified atom stereocenters. The van der Waals surface area contributed by atoms with Crippen molar-refractivity contribution in [3.8, 4) is 0 Å². The number of hydrogen-bond acceptors (Lipinski definition) is 3. The van der Waals surface area contributed by atoms with Crippen molar-refractivity contribution >= 4 is 5.82 Å². The zero-order valence-electron chi connectivity index (χ0n) is 8.48. The first-order valence-electron chi connectivity index (χ1n) is 5.12. The van der Waals surface area contributed by atoms with E-state index in [1.165, 1.54) is 0 Å². The second-order valence-corrected chi connectivity index (χ2v) is 3.86. The Morgan fingerprint density at radius 1 is 1.36 bits per heavy atom. The van der Waals surface area contributed by atoms with E-state index in [1.54, 1.807) is 0 Å². The zero-order chi connectivity index (χ0) is 9.97. The first-order chi connectivity index (χ1) is 6.75. The summed E-state index contributed by atoms with van der Waals surface area (Å²) < 4.78 is 0. The molecular formula is C11H16N2O. The Kier molecular flexibility index (Phi) is 2.68. The summed E-state index contributed by atoms with van der Waals surface area (Å²) in [6.07, 6.45) is 1.60. The van der Waals surface area contributed by atoms with E-state index in [0.29, 0.717) is 0 Å². The molecule has 3 nitrogen and oxygen atoms in total. The van der Waals surface area contributed by atoms with Crippen LogP contribution in [-0.2, 0) is 0 Å². The van der Waals surface area contributed by atoms with Gasteiger partial charge in [-0.25, -0.2) is 4.98 Å². The molecule has 0 amide bonds. The van der Waals surface area contributed by atoms with Crippen LogP contribution in [0.2, 0.25) is 0 Å². The molecule has 1 aromatic heterocycles. The molecule has 2 heterocycles. The number of anilines is 1. The molecule has 14 heavy (non-hydrogen) atoms. The Hall–Kier alpha value is -1.09. The molecule has 0 aliphatic carbocycles. The summed E-state index contributed by atoms with van der Waals surface area (Å²) in [6.45, 7) is 3.83. The number of pyridine rings is 1. The Morgan fingerprint density at radius 2 is 2.07 bits per heavy atom. The third-order valence-corrected chi connectivity index (χ3v) is 2.66. The fourth-order valence-electron chi connectivity index (χ4n) is 1.80. The van der Waals surface area contributed by atoms with Gasteiger partial charge in [-0.3, -0.25) is 0 Å². The standard InChI is InChI=1S/C11H16N2O/c1-9-3-2-4-11(12-9)13-7-5-10(14)6-8-13/h2-4,10,14H,5-8H2,1H3. The van der Waals surface area contributed by atoms with E-state index in [0.717, 1.165) is 37.4 Å². The van der Waals surface area contributed by atoms with E-state index in [1.807, 2.05) is 25.1 Å². The van der Waals surface area contributed by atoms with E-state index in [2.05, 4.69) is 9.88 Å². The van der Waals surface area contributed by atoms with Gasteiger partial charge < -0.3 is 10.0 Å². The van der Waals surface area contributed by atoms with Crippen molar-refractivity contribution < 1.29 is 5.11 Å². The van der Waals surface area contributed by atoms with Gasteiger partial charge in [-0.05, 0) is 31.9 Å². The number of aryl methyl sites for hydroxylation is 1. The lowest BCUT2D eigenvalue weighted by Gasteiger charge is -2.30. The lowest BCUT2D eigenvalue weighted by Crippen LogP contribution is -2.36. The van der Waals surface area contributed by atoms with Crippen LogP contribution in [0, 0.1) is 6.92 Å². The molecule has 1 aromatic rings.